The topological polar surface area (TPSA) is 38.7 Å². The minimum atomic E-state index is -0.522. The van der Waals surface area contributed by atoms with Crippen molar-refractivity contribution in [2.24, 2.45) is 5.92 Å². The van der Waals surface area contributed by atoms with Gasteiger partial charge >= 0.3 is 0 Å². The van der Waals surface area contributed by atoms with Crippen LogP contribution in [0.15, 0.2) is 17.5 Å². The van der Waals surface area contributed by atoms with Gasteiger partial charge in [0.05, 0.1) is 17.8 Å². The zero-order valence-corrected chi connectivity index (χ0v) is 12.6. The van der Waals surface area contributed by atoms with E-state index in [0.717, 1.165) is 12.8 Å². The fourth-order valence-electron chi connectivity index (χ4n) is 3.56. The first-order valence-electron chi connectivity index (χ1n) is 7.00. The predicted molar refractivity (Wildman–Crippen MR) is 75.2 cm³/mol. The van der Waals surface area contributed by atoms with Crippen molar-refractivity contribution in [2.75, 3.05) is 0 Å². The van der Waals surface area contributed by atoms with Crippen LogP contribution < -0.4 is 0 Å². The third kappa shape index (κ3) is 1.97. The standard InChI is InChI=1S/C15H22O3S/c1-10(2)15-7-6-14(3,18-15)13(12(15)16)17-9-11-5-4-8-19-11/h4-5,8,10,12-13,16H,6-7,9H2,1-3H3/t12-,13-,14+,15+/m1/s1. The molecule has 2 fully saturated rings. The summed E-state index contributed by atoms with van der Waals surface area (Å²) >= 11 is 1.68. The molecule has 0 radical (unpaired) electrons. The van der Waals surface area contributed by atoms with Crippen molar-refractivity contribution in [1.29, 1.82) is 0 Å². The van der Waals surface area contributed by atoms with E-state index in [2.05, 4.69) is 26.8 Å². The van der Waals surface area contributed by atoms with Crippen molar-refractivity contribution < 1.29 is 14.6 Å². The van der Waals surface area contributed by atoms with Gasteiger partial charge in [-0.05, 0) is 37.1 Å². The molecule has 0 unspecified atom stereocenters. The summed E-state index contributed by atoms with van der Waals surface area (Å²) in [7, 11) is 0. The van der Waals surface area contributed by atoms with Crippen LogP contribution in [0.1, 0.15) is 38.5 Å². The van der Waals surface area contributed by atoms with E-state index in [9.17, 15) is 5.11 Å². The third-order valence-electron chi connectivity index (χ3n) is 4.79. The molecule has 3 nitrogen and oxygen atoms in total. The molecular formula is C15H22O3S. The number of fused-ring (bicyclic) bond motifs is 2. The van der Waals surface area contributed by atoms with Gasteiger partial charge in [-0.2, -0.15) is 0 Å². The molecule has 1 aromatic heterocycles. The molecule has 0 aliphatic carbocycles. The maximum Gasteiger partial charge on any atom is 0.115 e. The molecule has 0 amide bonds. The highest BCUT2D eigenvalue weighted by Crippen LogP contribution is 2.55. The van der Waals surface area contributed by atoms with Crippen LogP contribution in [0, 0.1) is 5.92 Å². The summed E-state index contributed by atoms with van der Waals surface area (Å²) < 4.78 is 12.2. The number of thiophene rings is 1. The van der Waals surface area contributed by atoms with Crippen molar-refractivity contribution in [1.82, 2.24) is 0 Å². The van der Waals surface area contributed by atoms with Gasteiger partial charge in [-0.3, -0.25) is 0 Å². The van der Waals surface area contributed by atoms with Gasteiger partial charge in [-0.25, -0.2) is 0 Å². The van der Waals surface area contributed by atoms with Gasteiger partial charge in [-0.15, -0.1) is 11.3 Å². The number of aliphatic hydroxyl groups excluding tert-OH is 1. The van der Waals surface area contributed by atoms with Gasteiger partial charge in [0, 0.05) is 4.88 Å². The minimum Gasteiger partial charge on any atom is -0.387 e. The predicted octanol–water partition coefficient (Wildman–Crippen LogP) is 2.97. The SMILES string of the molecule is CC(C)[C@]12CC[C@](C)(O1)[C@H](OCc1cccs1)[C@H]2O. The average molecular weight is 282 g/mol. The van der Waals surface area contributed by atoms with Crippen LogP contribution in [0.4, 0.5) is 0 Å². The summed E-state index contributed by atoms with van der Waals surface area (Å²) in [4.78, 5) is 1.19. The molecule has 4 heteroatoms. The Balaban J connectivity index is 1.75. The van der Waals surface area contributed by atoms with E-state index in [1.54, 1.807) is 11.3 Å². The Morgan fingerprint density at radius 1 is 1.53 bits per heavy atom. The van der Waals surface area contributed by atoms with Gasteiger partial charge < -0.3 is 14.6 Å². The summed E-state index contributed by atoms with van der Waals surface area (Å²) in [6, 6.07) is 4.08. The Hall–Kier alpha value is -0.420. The highest BCUT2D eigenvalue weighted by atomic mass is 32.1. The average Bonchev–Trinajstić information content (AvgIpc) is 3.01. The maximum atomic E-state index is 10.6. The van der Waals surface area contributed by atoms with E-state index in [0.29, 0.717) is 12.5 Å². The zero-order chi connectivity index (χ0) is 13.7. The van der Waals surface area contributed by atoms with Crippen molar-refractivity contribution in [3.05, 3.63) is 22.4 Å². The van der Waals surface area contributed by atoms with E-state index in [1.807, 2.05) is 11.4 Å². The van der Waals surface area contributed by atoms with Crippen LogP contribution in [0.5, 0.6) is 0 Å². The Morgan fingerprint density at radius 2 is 2.32 bits per heavy atom. The molecular weight excluding hydrogens is 260 g/mol. The lowest BCUT2D eigenvalue weighted by Gasteiger charge is -2.36. The number of aliphatic hydroxyl groups is 1. The zero-order valence-electron chi connectivity index (χ0n) is 11.8. The summed E-state index contributed by atoms with van der Waals surface area (Å²) in [6.45, 7) is 6.88. The number of ether oxygens (including phenoxy) is 2. The van der Waals surface area contributed by atoms with Gasteiger partial charge in [0.25, 0.3) is 0 Å². The third-order valence-corrected chi connectivity index (χ3v) is 5.64. The Labute approximate surface area is 118 Å². The second-order valence-corrected chi connectivity index (χ2v) is 7.31. The van der Waals surface area contributed by atoms with E-state index in [-0.39, 0.29) is 11.7 Å². The van der Waals surface area contributed by atoms with Crippen LogP contribution in [0.3, 0.4) is 0 Å². The van der Waals surface area contributed by atoms with E-state index in [4.69, 9.17) is 9.47 Å². The lowest BCUT2D eigenvalue weighted by Crippen LogP contribution is -2.51. The molecule has 0 saturated carbocycles. The van der Waals surface area contributed by atoms with Crippen molar-refractivity contribution in [3.63, 3.8) is 0 Å². The first-order valence-corrected chi connectivity index (χ1v) is 7.88. The second-order valence-electron chi connectivity index (χ2n) is 6.28. The van der Waals surface area contributed by atoms with E-state index < -0.39 is 11.7 Å². The van der Waals surface area contributed by atoms with Crippen LogP contribution in [-0.2, 0) is 16.1 Å². The summed E-state index contributed by atoms with van der Waals surface area (Å²) in [5.74, 6) is 0.305. The van der Waals surface area contributed by atoms with Gasteiger partial charge in [0.2, 0.25) is 0 Å². The lowest BCUT2D eigenvalue weighted by molar-refractivity contribution is -0.0979. The molecule has 3 heterocycles. The first kappa shape index (κ1) is 13.6. The molecule has 19 heavy (non-hydrogen) atoms. The van der Waals surface area contributed by atoms with Crippen LogP contribution in [0.2, 0.25) is 0 Å². The summed E-state index contributed by atoms with van der Waals surface area (Å²) in [5, 5.41) is 12.7. The van der Waals surface area contributed by atoms with Gasteiger partial charge in [0.1, 0.15) is 12.2 Å². The van der Waals surface area contributed by atoms with E-state index >= 15 is 0 Å². The highest BCUT2D eigenvalue weighted by molar-refractivity contribution is 7.09. The lowest BCUT2D eigenvalue weighted by atomic mass is 9.73. The molecule has 3 rings (SSSR count). The summed E-state index contributed by atoms with van der Waals surface area (Å²) in [5.41, 5.74) is -0.740. The minimum absolute atomic E-state index is 0.217. The molecule has 2 bridgehead atoms. The van der Waals surface area contributed by atoms with Crippen LogP contribution in [0.25, 0.3) is 0 Å². The molecule has 1 N–H and O–H groups in total. The Morgan fingerprint density at radius 3 is 2.89 bits per heavy atom. The Kier molecular flexibility index (Phi) is 3.25. The molecule has 2 saturated heterocycles. The first-order chi connectivity index (χ1) is 8.98. The maximum absolute atomic E-state index is 10.6. The van der Waals surface area contributed by atoms with Crippen molar-refractivity contribution in [2.45, 2.75) is 63.6 Å². The van der Waals surface area contributed by atoms with Crippen LogP contribution in [-0.4, -0.2) is 28.5 Å². The summed E-state index contributed by atoms with van der Waals surface area (Å²) in [6.07, 6.45) is 1.16. The molecule has 4 atom stereocenters. The van der Waals surface area contributed by atoms with Gasteiger partial charge in [0.15, 0.2) is 0 Å². The Bertz CT molecular complexity index is 444. The molecule has 0 aromatic carbocycles. The molecule has 106 valence electrons. The monoisotopic (exact) mass is 282 g/mol. The fourth-order valence-corrected chi connectivity index (χ4v) is 4.19. The largest absolute Gasteiger partial charge is 0.387 e. The molecule has 0 spiro atoms. The van der Waals surface area contributed by atoms with Crippen molar-refractivity contribution in [3.8, 4) is 0 Å². The normalized spacial score (nSPS) is 41.3. The molecule has 2 aliphatic heterocycles. The van der Waals surface area contributed by atoms with Crippen LogP contribution >= 0.6 is 11.3 Å². The molecule has 1 aromatic rings. The second kappa shape index (κ2) is 4.55. The van der Waals surface area contributed by atoms with Gasteiger partial charge in [-0.1, -0.05) is 19.9 Å². The van der Waals surface area contributed by atoms with E-state index in [1.165, 1.54) is 4.88 Å². The highest BCUT2D eigenvalue weighted by Gasteiger charge is 2.66. The fraction of sp³-hybridized carbons (Fsp3) is 0.733. The van der Waals surface area contributed by atoms with Crippen molar-refractivity contribution >= 4 is 11.3 Å². The number of hydrogen-bond acceptors (Lipinski definition) is 4. The smallest absolute Gasteiger partial charge is 0.115 e. The molecule has 2 aliphatic rings. The number of hydrogen-bond donors (Lipinski definition) is 1. The number of rotatable bonds is 4. The quantitative estimate of drug-likeness (QED) is 0.922.